The molecule has 1 N–H and O–H groups in total. The van der Waals surface area contributed by atoms with E-state index in [1.54, 1.807) is 19.3 Å². The molecule has 3 aromatic carbocycles. The maximum atomic E-state index is 10.5. The number of ether oxygens (including phenoxy) is 5. The van der Waals surface area contributed by atoms with E-state index < -0.39 is 36.8 Å². The van der Waals surface area contributed by atoms with Crippen LogP contribution in [0.2, 0.25) is 0 Å². The molecule has 0 radical (unpaired) electrons. The summed E-state index contributed by atoms with van der Waals surface area (Å²) in [5, 5.41) is 10.9. The largest absolute Gasteiger partial charge is 0.389 e. The smallest absolute Gasteiger partial charge is 0.186 e. The quantitative estimate of drug-likeness (QED) is 0.139. The summed E-state index contributed by atoms with van der Waals surface area (Å²) in [5.74, 6) is 0. The zero-order valence-electron chi connectivity index (χ0n) is 24.6. The molecular formula is C36H41ClO6. The lowest BCUT2D eigenvalue weighted by atomic mass is 9.92. The third-order valence-corrected chi connectivity index (χ3v) is 7.29. The number of methoxy groups -OCH3 is 1. The van der Waals surface area contributed by atoms with E-state index in [-0.39, 0.29) is 0 Å². The van der Waals surface area contributed by atoms with Crippen molar-refractivity contribution < 1.29 is 28.8 Å². The standard InChI is InChI=1S/C36H41ClO6/c1-26(21-31(38)20-19-27(2)37)22-32-33(40-23-28-13-7-4-8-14-28)34(41-24-29-15-9-5-10-16-29)35(36(39-3)43-32)42-25-30-17-11-6-12-18-30/h4-20,31-36,38H,1-2,21-25H2,3H3/b20-19+/t31-,32-,33-,34+,35-,36+/m1/s1. The maximum Gasteiger partial charge on any atom is 0.186 e. The summed E-state index contributed by atoms with van der Waals surface area (Å²) in [6, 6.07) is 29.9. The Morgan fingerprint density at radius 3 is 1.72 bits per heavy atom. The number of allylic oxidation sites excluding steroid dienone is 2. The molecule has 0 bridgehead atoms. The summed E-state index contributed by atoms with van der Waals surface area (Å²) < 4.78 is 32.1. The molecule has 228 valence electrons. The number of halogens is 1. The molecule has 0 aromatic heterocycles. The minimum atomic E-state index is -0.763. The molecule has 1 fully saturated rings. The Balaban J connectivity index is 1.60. The molecule has 0 unspecified atom stereocenters. The fraction of sp³-hybridized carbons (Fsp3) is 0.333. The van der Waals surface area contributed by atoms with Gasteiger partial charge in [0.1, 0.15) is 18.3 Å². The van der Waals surface area contributed by atoms with Crippen molar-refractivity contribution in [1.29, 1.82) is 0 Å². The van der Waals surface area contributed by atoms with Gasteiger partial charge in [0.2, 0.25) is 0 Å². The Morgan fingerprint density at radius 1 is 0.791 bits per heavy atom. The molecule has 0 spiro atoms. The average molecular weight is 605 g/mol. The van der Waals surface area contributed by atoms with Crippen LogP contribution in [0.4, 0.5) is 0 Å². The second-order valence-corrected chi connectivity index (χ2v) is 11.1. The third-order valence-electron chi connectivity index (χ3n) is 7.17. The van der Waals surface area contributed by atoms with E-state index in [2.05, 4.69) is 13.2 Å². The molecule has 7 heteroatoms. The highest BCUT2D eigenvalue weighted by Crippen LogP contribution is 2.34. The predicted molar refractivity (Wildman–Crippen MR) is 169 cm³/mol. The van der Waals surface area contributed by atoms with Gasteiger partial charge in [0, 0.05) is 12.1 Å². The lowest BCUT2D eigenvalue weighted by molar-refractivity contribution is -0.317. The molecule has 43 heavy (non-hydrogen) atoms. The van der Waals surface area contributed by atoms with E-state index in [1.807, 2.05) is 91.0 Å². The summed E-state index contributed by atoms with van der Waals surface area (Å²) in [6.45, 7) is 8.94. The van der Waals surface area contributed by atoms with Crippen LogP contribution in [0.1, 0.15) is 29.5 Å². The van der Waals surface area contributed by atoms with Crippen LogP contribution in [0.25, 0.3) is 0 Å². The molecule has 6 nitrogen and oxygen atoms in total. The van der Waals surface area contributed by atoms with Gasteiger partial charge in [0.25, 0.3) is 0 Å². The van der Waals surface area contributed by atoms with Crippen LogP contribution < -0.4 is 0 Å². The first-order chi connectivity index (χ1) is 20.9. The van der Waals surface area contributed by atoms with E-state index in [9.17, 15) is 5.11 Å². The lowest BCUT2D eigenvalue weighted by Crippen LogP contribution is -2.60. The highest BCUT2D eigenvalue weighted by molar-refractivity contribution is 6.30. The van der Waals surface area contributed by atoms with Crippen LogP contribution in [0.3, 0.4) is 0 Å². The summed E-state index contributed by atoms with van der Waals surface area (Å²) >= 11 is 5.83. The van der Waals surface area contributed by atoms with E-state index in [0.29, 0.717) is 37.7 Å². The van der Waals surface area contributed by atoms with Gasteiger partial charge in [-0.05, 0) is 35.6 Å². The number of hydrogen-bond acceptors (Lipinski definition) is 6. The molecule has 0 saturated carbocycles. The van der Waals surface area contributed by atoms with Crippen molar-refractivity contribution in [2.24, 2.45) is 0 Å². The predicted octanol–water partition coefficient (Wildman–Crippen LogP) is 7.12. The van der Waals surface area contributed by atoms with E-state index >= 15 is 0 Å². The molecule has 0 aliphatic carbocycles. The second kappa shape index (κ2) is 17.3. The fourth-order valence-corrected chi connectivity index (χ4v) is 5.12. The monoisotopic (exact) mass is 604 g/mol. The molecular weight excluding hydrogens is 564 g/mol. The molecule has 3 aromatic rings. The number of rotatable bonds is 16. The van der Waals surface area contributed by atoms with Crippen LogP contribution in [0.15, 0.2) is 127 Å². The topological polar surface area (TPSA) is 66.4 Å². The van der Waals surface area contributed by atoms with Crippen molar-refractivity contribution in [2.45, 2.75) is 69.5 Å². The minimum Gasteiger partial charge on any atom is -0.389 e. The lowest BCUT2D eigenvalue weighted by Gasteiger charge is -2.46. The van der Waals surface area contributed by atoms with E-state index in [1.165, 1.54) is 0 Å². The van der Waals surface area contributed by atoms with Gasteiger partial charge in [0.15, 0.2) is 6.29 Å². The number of benzene rings is 3. The molecule has 1 saturated heterocycles. The number of hydrogen-bond donors (Lipinski definition) is 1. The van der Waals surface area contributed by atoms with Crippen LogP contribution in [-0.4, -0.2) is 49.0 Å². The SMILES string of the molecule is C=C(Cl)/C=C/[C@@H](O)CC(=C)C[C@H]1O[C@H](OC)[C@H](OCc2ccccc2)[C@@H](OCc2ccccc2)[C@@H]1OCc1ccccc1. The third kappa shape index (κ3) is 10.6. The first-order valence-corrected chi connectivity index (χ1v) is 14.8. The first kappa shape index (κ1) is 32.8. The van der Waals surface area contributed by atoms with Gasteiger partial charge in [-0.2, -0.15) is 0 Å². The van der Waals surface area contributed by atoms with E-state index in [4.69, 9.17) is 35.3 Å². The fourth-order valence-electron chi connectivity index (χ4n) is 5.05. The van der Waals surface area contributed by atoms with Gasteiger partial charge in [0.05, 0.1) is 32.0 Å². The molecule has 1 aliphatic heterocycles. The summed E-state index contributed by atoms with van der Waals surface area (Å²) in [4.78, 5) is 0. The Hall–Kier alpha value is -3.07. The van der Waals surface area contributed by atoms with Gasteiger partial charge in [-0.1, -0.05) is 127 Å². The van der Waals surface area contributed by atoms with Crippen molar-refractivity contribution in [1.82, 2.24) is 0 Å². The van der Waals surface area contributed by atoms with Crippen molar-refractivity contribution >= 4 is 11.6 Å². The molecule has 1 heterocycles. The Labute approximate surface area is 260 Å². The van der Waals surface area contributed by atoms with Gasteiger partial charge in [-0.15, -0.1) is 0 Å². The maximum absolute atomic E-state index is 10.5. The van der Waals surface area contributed by atoms with E-state index in [0.717, 1.165) is 22.3 Å². The zero-order valence-corrected chi connectivity index (χ0v) is 25.4. The molecule has 1 aliphatic rings. The minimum absolute atomic E-state index is 0.326. The molecule has 0 amide bonds. The summed E-state index contributed by atoms with van der Waals surface area (Å²) in [5.41, 5.74) is 3.87. The number of aliphatic hydroxyl groups is 1. The summed E-state index contributed by atoms with van der Waals surface area (Å²) in [6.07, 6.45) is 0.324. The summed E-state index contributed by atoms with van der Waals surface area (Å²) in [7, 11) is 1.60. The number of aliphatic hydroxyl groups excluding tert-OH is 1. The van der Waals surface area contributed by atoms with Crippen LogP contribution in [0.5, 0.6) is 0 Å². The van der Waals surface area contributed by atoms with Gasteiger partial charge in [-0.25, -0.2) is 0 Å². The normalized spacial score (nSPS) is 22.8. The van der Waals surface area contributed by atoms with Crippen LogP contribution in [-0.2, 0) is 43.5 Å². The van der Waals surface area contributed by atoms with Crippen molar-refractivity contribution in [2.75, 3.05) is 7.11 Å². The first-order valence-electron chi connectivity index (χ1n) is 14.4. The van der Waals surface area contributed by atoms with Crippen LogP contribution >= 0.6 is 11.6 Å². The average Bonchev–Trinajstić information content (AvgIpc) is 3.02. The van der Waals surface area contributed by atoms with Gasteiger partial charge in [-0.3, -0.25) is 0 Å². The van der Waals surface area contributed by atoms with Gasteiger partial charge >= 0.3 is 0 Å². The molecule has 4 rings (SSSR count). The zero-order chi connectivity index (χ0) is 30.4. The van der Waals surface area contributed by atoms with Crippen molar-refractivity contribution in [3.8, 4) is 0 Å². The highest BCUT2D eigenvalue weighted by atomic mass is 35.5. The second-order valence-electron chi connectivity index (χ2n) is 10.6. The molecule has 6 atom stereocenters. The van der Waals surface area contributed by atoms with Gasteiger partial charge < -0.3 is 28.8 Å². The highest BCUT2D eigenvalue weighted by Gasteiger charge is 2.48. The Morgan fingerprint density at radius 2 is 1.26 bits per heavy atom. The Kier molecular flexibility index (Phi) is 13.2. The Bertz CT molecular complexity index is 1280. The van der Waals surface area contributed by atoms with Crippen LogP contribution in [0, 0.1) is 0 Å². The van der Waals surface area contributed by atoms with Crippen molar-refractivity contribution in [3.63, 3.8) is 0 Å². The van der Waals surface area contributed by atoms with Crippen molar-refractivity contribution in [3.05, 3.63) is 144 Å².